The molecule has 0 unspecified atom stereocenters. The molecule has 3 nitrogen and oxygen atoms in total. The van der Waals surface area contributed by atoms with Crippen LogP contribution in [0.1, 0.15) is 0 Å². The minimum Gasteiger partial charge on any atom is -0.295 e. The van der Waals surface area contributed by atoms with Crippen LogP contribution in [-0.2, 0) is 4.79 Å². The van der Waals surface area contributed by atoms with Gasteiger partial charge in [-0.25, -0.2) is 0 Å². The fourth-order valence-electron chi connectivity index (χ4n) is 0.657. The number of hydrogen-bond donors (Lipinski definition) is 1. The summed E-state index contributed by atoms with van der Waals surface area (Å²) in [7, 11) is 0. The lowest BCUT2D eigenvalue weighted by molar-refractivity contribution is -0.102. The number of nitrogens with zero attached hydrogens (tertiary/aromatic N) is 1. The number of rotatable bonds is 3. The van der Waals surface area contributed by atoms with Gasteiger partial charge in [-0.3, -0.25) is 10.2 Å². The van der Waals surface area contributed by atoms with E-state index < -0.39 is 0 Å². The van der Waals surface area contributed by atoms with Crippen LogP contribution < -0.4 is 5.43 Å². The second-order valence-electron chi connectivity index (χ2n) is 2.03. The summed E-state index contributed by atoms with van der Waals surface area (Å²) in [5.41, 5.74) is 3.55. The zero-order valence-corrected chi connectivity index (χ0v) is 7.78. The van der Waals surface area contributed by atoms with Crippen molar-refractivity contribution in [1.82, 2.24) is 0 Å². The van der Waals surface area contributed by atoms with Gasteiger partial charge in [-0.1, -0.05) is 18.2 Å². The topological polar surface area (TPSA) is 41.5 Å². The first-order valence-electron chi connectivity index (χ1n) is 3.32. The molecule has 0 saturated carbocycles. The quantitative estimate of drug-likeness (QED) is 0.487. The van der Waals surface area contributed by atoms with Gasteiger partial charge in [0.15, 0.2) is 10.9 Å². The SMILES string of the molecule is O=C/C(Br)=N/Nc1ccccc1. The predicted octanol–water partition coefficient (Wildman–Crippen LogP) is 2.01. The van der Waals surface area contributed by atoms with E-state index >= 15 is 0 Å². The van der Waals surface area contributed by atoms with Crippen molar-refractivity contribution in [2.75, 3.05) is 5.43 Å². The lowest BCUT2D eigenvalue weighted by Gasteiger charge is -1.97. The van der Waals surface area contributed by atoms with E-state index in [1.165, 1.54) is 0 Å². The van der Waals surface area contributed by atoms with E-state index in [4.69, 9.17) is 0 Å². The van der Waals surface area contributed by atoms with Gasteiger partial charge in [0.25, 0.3) is 0 Å². The fraction of sp³-hybridized carbons (Fsp3) is 0. The van der Waals surface area contributed by atoms with E-state index in [9.17, 15) is 4.79 Å². The zero-order valence-electron chi connectivity index (χ0n) is 6.20. The van der Waals surface area contributed by atoms with Crippen molar-refractivity contribution in [2.45, 2.75) is 0 Å². The van der Waals surface area contributed by atoms with Crippen LogP contribution in [0, 0.1) is 0 Å². The maximum atomic E-state index is 10.1. The number of anilines is 1. The Labute approximate surface area is 78.6 Å². The Bertz CT molecular complexity index is 284. The van der Waals surface area contributed by atoms with Crippen LogP contribution in [0.5, 0.6) is 0 Å². The second-order valence-corrected chi connectivity index (χ2v) is 2.84. The molecule has 0 aliphatic rings. The maximum absolute atomic E-state index is 10.1. The first-order chi connectivity index (χ1) is 5.83. The van der Waals surface area contributed by atoms with Crippen LogP contribution in [0.25, 0.3) is 0 Å². The first kappa shape index (κ1) is 8.93. The number of halogens is 1. The monoisotopic (exact) mass is 226 g/mol. The summed E-state index contributed by atoms with van der Waals surface area (Å²) < 4.78 is 0.242. The number of para-hydroxylation sites is 1. The van der Waals surface area contributed by atoms with E-state index in [1.54, 1.807) is 0 Å². The van der Waals surface area contributed by atoms with Gasteiger partial charge in [0, 0.05) is 0 Å². The van der Waals surface area contributed by atoms with Gasteiger partial charge in [0.2, 0.25) is 0 Å². The minimum atomic E-state index is 0.242. The lowest BCUT2D eigenvalue weighted by atomic mass is 10.3. The third-order valence-corrected chi connectivity index (χ3v) is 1.53. The highest BCUT2D eigenvalue weighted by Crippen LogP contribution is 2.04. The Morgan fingerprint density at radius 2 is 2.08 bits per heavy atom. The fourth-order valence-corrected chi connectivity index (χ4v) is 0.746. The molecule has 1 rings (SSSR count). The van der Waals surface area contributed by atoms with Crippen molar-refractivity contribution in [3.8, 4) is 0 Å². The standard InChI is InChI=1S/C8H7BrN2O/c9-8(6-12)11-10-7-4-2-1-3-5-7/h1-6,10H/b11-8-. The molecule has 0 spiro atoms. The predicted molar refractivity (Wildman–Crippen MR) is 52.5 cm³/mol. The van der Waals surface area contributed by atoms with E-state index in [-0.39, 0.29) is 4.62 Å². The molecule has 0 fully saturated rings. The molecule has 0 radical (unpaired) electrons. The first-order valence-corrected chi connectivity index (χ1v) is 4.11. The molecule has 0 saturated heterocycles. The van der Waals surface area contributed by atoms with Crippen molar-refractivity contribution in [3.63, 3.8) is 0 Å². The molecule has 4 heteroatoms. The van der Waals surface area contributed by atoms with Crippen molar-refractivity contribution >= 4 is 32.5 Å². The smallest absolute Gasteiger partial charge is 0.177 e. The highest BCUT2D eigenvalue weighted by Gasteiger charge is 1.88. The molecule has 1 aromatic carbocycles. The molecule has 0 heterocycles. The van der Waals surface area contributed by atoms with Gasteiger partial charge >= 0.3 is 0 Å². The highest BCUT2D eigenvalue weighted by molar-refractivity contribution is 9.19. The molecule has 0 amide bonds. The van der Waals surface area contributed by atoms with Crippen molar-refractivity contribution < 1.29 is 4.79 Å². The summed E-state index contributed by atoms with van der Waals surface area (Å²) in [5, 5.41) is 3.73. The van der Waals surface area contributed by atoms with E-state index in [0.29, 0.717) is 6.29 Å². The van der Waals surface area contributed by atoms with Gasteiger partial charge in [0.05, 0.1) is 5.69 Å². The molecule has 1 N–H and O–H groups in total. The molecule has 0 aromatic heterocycles. The van der Waals surface area contributed by atoms with Crippen molar-refractivity contribution in [2.24, 2.45) is 5.10 Å². The molecule has 12 heavy (non-hydrogen) atoms. The Balaban J connectivity index is 2.60. The molecule has 0 bridgehead atoms. The molecular weight excluding hydrogens is 220 g/mol. The summed E-state index contributed by atoms with van der Waals surface area (Å²) >= 11 is 2.95. The summed E-state index contributed by atoms with van der Waals surface area (Å²) in [5.74, 6) is 0. The van der Waals surface area contributed by atoms with Crippen LogP contribution >= 0.6 is 15.9 Å². The third-order valence-electron chi connectivity index (χ3n) is 1.16. The van der Waals surface area contributed by atoms with Gasteiger partial charge in [-0.15, -0.1) is 0 Å². The maximum Gasteiger partial charge on any atom is 0.177 e. The van der Waals surface area contributed by atoms with E-state index in [2.05, 4.69) is 26.5 Å². The van der Waals surface area contributed by atoms with Crippen LogP contribution in [0.2, 0.25) is 0 Å². The average molecular weight is 227 g/mol. The Morgan fingerprint density at radius 1 is 1.42 bits per heavy atom. The average Bonchev–Trinajstić information content (AvgIpc) is 2.16. The zero-order chi connectivity index (χ0) is 8.81. The molecule has 0 aliphatic carbocycles. The van der Waals surface area contributed by atoms with E-state index in [0.717, 1.165) is 5.69 Å². The molecular formula is C8H7BrN2O. The number of benzene rings is 1. The lowest BCUT2D eigenvalue weighted by Crippen LogP contribution is -1.94. The highest BCUT2D eigenvalue weighted by atomic mass is 79.9. The van der Waals surface area contributed by atoms with Gasteiger partial charge < -0.3 is 0 Å². The van der Waals surface area contributed by atoms with Gasteiger partial charge in [0.1, 0.15) is 0 Å². The van der Waals surface area contributed by atoms with Crippen molar-refractivity contribution in [3.05, 3.63) is 30.3 Å². The molecule has 0 aliphatic heterocycles. The molecule has 62 valence electrons. The molecule has 0 atom stereocenters. The van der Waals surface area contributed by atoms with Gasteiger partial charge in [-0.2, -0.15) is 5.10 Å². The summed E-state index contributed by atoms with van der Waals surface area (Å²) in [6, 6.07) is 9.38. The van der Waals surface area contributed by atoms with Crippen LogP contribution in [-0.4, -0.2) is 10.9 Å². The van der Waals surface area contributed by atoms with Crippen LogP contribution in [0.4, 0.5) is 5.69 Å². The van der Waals surface area contributed by atoms with Gasteiger partial charge in [-0.05, 0) is 28.1 Å². The summed E-state index contributed by atoms with van der Waals surface area (Å²) in [6.07, 6.45) is 0.621. The number of carbonyl (C=O) groups excluding carboxylic acids is 1. The number of carbonyl (C=O) groups is 1. The number of aldehydes is 1. The number of nitrogens with one attached hydrogen (secondary N) is 1. The van der Waals surface area contributed by atoms with Crippen molar-refractivity contribution in [1.29, 1.82) is 0 Å². The van der Waals surface area contributed by atoms with Crippen LogP contribution in [0.15, 0.2) is 35.4 Å². The Kier molecular flexibility index (Phi) is 3.47. The number of hydrogen-bond acceptors (Lipinski definition) is 3. The largest absolute Gasteiger partial charge is 0.295 e. The molecule has 1 aromatic rings. The second kappa shape index (κ2) is 4.66. The van der Waals surface area contributed by atoms with E-state index in [1.807, 2.05) is 30.3 Å². The summed E-state index contributed by atoms with van der Waals surface area (Å²) in [6.45, 7) is 0. The summed E-state index contributed by atoms with van der Waals surface area (Å²) in [4.78, 5) is 10.1. The Morgan fingerprint density at radius 3 is 2.67 bits per heavy atom. The third kappa shape index (κ3) is 2.84. The van der Waals surface area contributed by atoms with Crippen LogP contribution in [0.3, 0.4) is 0 Å². The number of hydrazone groups is 1. The normalized spacial score (nSPS) is 10.9. The Hall–Kier alpha value is -1.16. The minimum absolute atomic E-state index is 0.242.